The third-order valence-corrected chi connectivity index (χ3v) is 2.78. The summed E-state index contributed by atoms with van der Waals surface area (Å²) in [5, 5.41) is 12.1. The predicted octanol–water partition coefficient (Wildman–Crippen LogP) is 1.43. The number of nitrogens with zero attached hydrogens (tertiary/aromatic N) is 1. The number of hydrogen-bond acceptors (Lipinski definition) is 3. The number of nitrogens with two attached hydrogens (primary N) is 1. The molecule has 0 aliphatic carbocycles. The van der Waals surface area contributed by atoms with Crippen LogP contribution in [-0.2, 0) is 0 Å². The molecule has 4 N–H and O–H groups in total. The molecule has 1 amide bonds. The van der Waals surface area contributed by atoms with Crippen molar-refractivity contribution in [1.82, 2.24) is 4.90 Å². The van der Waals surface area contributed by atoms with E-state index in [0.717, 1.165) is 12.1 Å². The fourth-order valence-electron chi connectivity index (χ4n) is 1.90. The SMILES string of the molecule is Nc1ccccc1NC1CCN(C(=O)O)C1. The molecule has 1 aliphatic rings. The molecule has 2 rings (SSSR count). The van der Waals surface area contributed by atoms with Crippen molar-refractivity contribution in [3.05, 3.63) is 24.3 Å². The molecule has 16 heavy (non-hydrogen) atoms. The van der Waals surface area contributed by atoms with Gasteiger partial charge < -0.3 is 21.1 Å². The van der Waals surface area contributed by atoms with E-state index in [9.17, 15) is 4.79 Å². The van der Waals surface area contributed by atoms with Gasteiger partial charge in [0.1, 0.15) is 0 Å². The average molecular weight is 221 g/mol. The fourth-order valence-corrected chi connectivity index (χ4v) is 1.90. The molecule has 0 radical (unpaired) electrons. The predicted molar refractivity (Wildman–Crippen MR) is 62.5 cm³/mol. The van der Waals surface area contributed by atoms with Crippen molar-refractivity contribution < 1.29 is 9.90 Å². The highest BCUT2D eigenvalue weighted by atomic mass is 16.4. The van der Waals surface area contributed by atoms with Gasteiger partial charge in [-0.15, -0.1) is 0 Å². The van der Waals surface area contributed by atoms with E-state index in [4.69, 9.17) is 10.8 Å². The van der Waals surface area contributed by atoms with Gasteiger partial charge in [0, 0.05) is 19.1 Å². The highest BCUT2D eigenvalue weighted by molar-refractivity contribution is 5.67. The molecule has 5 nitrogen and oxygen atoms in total. The fraction of sp³-hybridized carbons (Fsp3) is 0.364. The van der Waals surface area contributed by atoms with Gasteiger partial charge in [-0.1, -0.05) is 12.1 Å². The molecular weight excluding hydrogens is 206 g/mol. The first-order valence-electron chi connectivity index (χ1n) is 5.25. The van der Waals surface area contributed by atoms with Crippen molar-refractivity contribution in [2.45, 2.75) is 12.5 Å². The third kappa shape index (κ3) is 2.18. The summed E-state index contributed by atoms with van der Waals surface area (Å²) in [6.45, 7) is 1.10. The van der Waals surface area contributed by atoms with Crippen LogP contribution in [-0.4, -0.2) is 35.2 Å². The Morgan fingerprint density at radius 3 is 2.88 bits per heavy atom. The van der Waals surface area contributed by atoms with Crippen LogP contribution in [0.3, 0.4) is 0 Å². The number of nitrogen functional groups attached to an aromatic ring is 1. The second kappa shape index (κ2) is 4.30. The smallest absolute Gasteiger partial charge is 0.407 e. The van der Waals surface area contributed by atoms with Crippen LogP contribution in [0.2, 0.25) is 0 Å². The third-order valence-electron chi connectivity index (χ3n) is 2.78. The van der Waals surface area contributed by atoms with Gasteiger partial charge in [0.2, 0.25) is 0 Å². The topological polar surface area (TPSA) is 78.6 Å². The number of anilines is 2. The van der Waals surface area contributed by atoms with E-state index in [0.29, 0.717) is 18.8 Å². The zero-order valence-corrected chi connectivity index (χ0v) is 8.89. The van der Waals surface area contributed by atoms with Crippen LogP contribution in [0.4, 0.5) is 16.2 Å². The number of nitrogens with one attached hydrogen (secondary N) is 1. The van der Waals surface area contributed by atoms with Crippen LogP contribution in [0.15, 0.2) is 24.3 Å². The molecule has 1 atom stereocenters. The molecule has 1 unspecified atom stereocenters. The van der Waals surface area contributed by atoms with Gasteiger partial charge in [-0.05, 0) is 18.6 Å². The average Bonchev–Trinajstić information content (AvgIpc) is 2.70. The number of para-hydroxylation sites is 2. The Balaban J connectivity index is 1.97. The first-order valence-corrected chi connectivity index (χ1v) is 5.25. The quantitative estimate of drug-likeness (QED) is 0.660. The van der Waals surface area contributed by atoms with E-state index in [-0.39, 0.29) is 6.04 Å². The Hall–Kier alpha value is -1.91. The van der Waals surface area contributed by atoms with Gasteiger partial charge in [-0.3, -0.25) is 0 Å². The molecule has 0 spiro atoms. The molecular formula is C11H15N3O2. The summed E-state index contributed by atoms with van der Waals surface area (Å²) in [6.07, 6.45) is -0.0361. The van der Waals surface area contributed by atoms with Crippen molar-refractivity contribution in [3.63, 3.8) is 0 Å². The number of rotatable bonds is 2. The van der Waals surface area contributed by atoms with Crippen LogP contribution < -0.4 is 11.1 Å². The minimum atomic E-state index is -0.856. The van der Waals surface area contributed by atoms with Crippen molar-refractivity contribution in [3.8, 4) is 0 Å². The second-order valence-electron chi connectivity index (χ2n) is 3.95. The Morgan fingerprint density at radius 1 is 1.50 bits per heavy atom. The summed E-state index contributed by atoms with van der Waals surface area (Å²) in [7, 11) is 0. The number of likely N-dealkylation sites (tertiary alicyclic amines) is 1. The highest BCUT2D eigenvalue weighted by Crippen LogP contribution is 2.21. The van der Waals surface area contributed by atoms with Crippen LogP contribution in [0.25, 0.3) is 0 Å². The first-order chi connectivity index (χ1) is 7.66. The van der Waals surface area contributed by atoms with Crippen molar-refractivity contribution in [2.75, 3.05) is 24.1 Å². The molecule has 1 saturated heterocycles. The zero-order chi connectivity index (χ0) is 11.5. The van der Waals surface area contributed by atoms with E-state index in [2.05, 4.69) is 5.32 Å². The van der Waals surface area contributed by atoms with Gasteiger partial charge in [0.15, 0.2) is 0 Å². The largest absolute Gasteiger partial charge is 0.465 e. The van der Waals surface area contributed by atoms with Crippen LogP contribution in [0.5, 0.6) is 0 Å². The van der Waals surface area contributed by atoms with Gasteiger partial charge in [0.25, 0.3) is 0 Å². The molecule has 1 aromatic carbocycles. The Labute approximate surface area is 93.9 Å². The number of carboxylic acid groups (broad SMARTS) is 1. The van der Waals surface area contributed by atoms with Crippen LogP contribution >= 0.6 is 0 Å². The van der Waals surface area contributed by atoms with Gasteiger partial charge >= 0.3 is 6.09 Å². The summed E-state index contributed by atoms with van der Waals surface area (Å²) < 4.78 is 0. The summed E-state index contributed by atoms with van der Waals surface area (Å²) in [5.74, 6) is 0. The van der Waals surface area contributed by atoms with Crippen molar-refractivity contribution >= 4 is 17.5 Å². The lowest BCUT2D eigenvalue weighted by atomic mass is 10.2. The number of amides is 1. The highest BCUT2D eigenvalue weighted by Gasteiger charge is 2.25. The van der Waals surface area contributed by atoms with Crippen molar-refractivity contribution in [2.24, 2.45) is 0 Å². The molecule has 1 heterocycles. The number of carbonyl (C=O) groups is 1. The van der Waals surface area contributed by atoms with E-state index in [1.807, 2.05) is 24.3 Å². The standard InChI is InChI=1S/C11H15N3O2/c12-9-3-1-2-4-10(9)13-8-5-6-14(7-8)11(15)16/h1-4,8,13H,5-7,12H2,(H,15,16). The van der Waals surface area contributed by atoms with Crippen molar-refractivity contribution in [1.29, 1.82) is 0 Å². The minimum absolute atomic E-state index is 0.154. The summed E-state index contributed by atoms with van der Waals surface area (Å²) in [4.78, 5) is 12.2. The molecule has 5 heteroatoms. The molecule has 0 aromatic heterocycles. The van der Waals surface area contributed by atoms with Gasteiger partial charge in [-0.25, -0.2) is 4.79 Å². The Bertz CT molecular complexity index is 395. The molecule has 1 aromatic rings. The maximum Gasteiger partial charge on any atom is 0.407 e. The molecule has 86 valence electrons. The zero-order valence-electron chi connectivity index (χ0n) is 8.89. The summed E-state index contributed by atoms with van der Waals surface area (Å²) in [6, 6.07) is 7.66. The number of benzene rings is 1. The van der Waals surface area contributed by atoms with E-state index in [1.54, 1.807) is 0 Å². The summed E-state index contributed by atoms with van der Waals surface area (Å²) in [5.41, 5.74) is 7.37. The summed E-state index contributed by atoms with van der Waals surface area (Å²) >= 11 is 0. The van der Waals surface area contributed by atoms with E-state index < -0.39 is 6.09 Å². The molecule has 0 saturated carbocycles. The molecule has 1 fully saturated rings. The minimum Gasteiger partial charge on any atom is -0.465 e. The van der Waals surface area contributed by atoms with Gasteiger partial charge in [-0.2, -0.15) is 0 Å². The maximum atomic E-state index is 10.7. The molecule has 1 aliphatic heterocycles. The van der Waals surface area contributed by atoms with E-state index >= 15 is 0 Å². The lowest BCUT2D eigenvalue weighted by molar-refractivity contribution is 0.155. The first kappa shape index (κ1) is 10.6. The van der Waals surface area contributed by atoms with Crippen LogP contribution in [0, 0.1) is 0 Å². The lowest BCUT2D eigenvalue weighted by Crippen LogP contribution is -2.30. The lowest BCUT2D eigenvalue weighted by Gasteiger charge is -2.16. The van der Waals surface area contributed by atoms with Gasteiger partial charge in [0.05, 0.1) is 11.4 Å². The molecule has 0 bridgehead atoms. The second-order valence-corrected chi connectivity index (χ2v) is 3.95. The maximum absolute atomic E-state index is 10.7. The van der Waals surface area contributed by atoms with Crippen LogP contribution in [0.1, 0.15) is 6.42 Å². The Morgan fingerprint density at radius 2 is 2.25 bits per heavy atom. The number of hydrogen-bond donors (Lipinski definition) is 3. The monoisotopic (exact) mass is 221 g/mol. The Kier molecular flexibility index (Phi) is 2.85. The van der Waals surface area contributed by atoms with E-state index in [1.165, 1.54) is 4.90 Å². The normalized spacial score (nSPS) is 19.8.